The maximum Gasteiger partial charge on any atom is 0.241 e. The number of nitrogens with zero attached hydrogens (tertiary/aromatic N) is 1. The van der Waals surface area contributed by atoms with Crippen LogP contribution in [0.25, 0.3) is 0 Å². The van der Waals surface area contributed by atoms with Crippen LogP contribution in [0.1, 0.15) is 44.9 Å². The van der Waals surface area contributed by atoms with Crippen LogP contribution in [0.4, 0.5) is 5.69 Å². The van der Waals surface area contributed by atoms with Gasteiger partial charge in [-0.1, -0.05) is 67.6 Å². The molecular weight excluding hydrogens is 557 g/mol. The number of aryl methyl sites for hydroxylation is 1. The number of halogens is 1. The largest absolute Gasteiger partial charge is 0.349 e. The number of para-hydroxylation sites is 1. The van der Waals surface area contributed by atoms with Gasteiger partial charge in [0.1, 0.15) is 0 Å². The molecule has 174 valence electrons. The lowest BCUT2D eigenvalue weighted by atomic mass is 9.77. The smallest absolute Gasteiger partial charge is 0.241 e. The average Bonchev–Trinajstić information content (AvgIpc) is 3.45. The first-order valence-electron chi connectivity index (χ1n) is 11.5. The fourth-order valence-corrected chi connectivity index (χ4v) is 6.26. The van der Waals surface area contributed by atoms with E-state index in [1.807, 2.05) is 37.3 Å². The Kier molecular flexibility index (Phi) is 5.05. The van der Waals surface area contributed by atoms with E-state index in [0.717, 1.165) is 20.5 Å². The predicted molar refractivity (Wildman–Crippen MR) is 136 cm³/mol. The van der Waals surface area contributed by atoms with Crippen LogP contribution in [0.2, 0.25) is 0 Å². The van der Waals surface area contributed by atoms with E-state index in [0.29, 0.717) is 11.3 Å². The van der Waals surface area contributed by atoms with Crippen LogP contribution in [-0.4, -0.2) is 29.0 Å². The van der Waals surface area contributed by atoms with Crippen molar-refractivity contribution in [3.63, 3.8) is 0 Å². The van der Waals surface area contributed by atoms with Crippen molar-refractivity contribution >= 4 is 51.7 Å². The van der Waals surface area contributed by atoms with Crippen molar-refractivity contribution in [2.75, 3.05) is 4.90 Å². The van der Waals surface area contributed by atoms with E-state index in [4.69, 9.17) is 4.74 Å². The molecule has 0 N–H and O–H groups in total. The molecule has 6 nitrogen and oxygen atoms in total. The highest BCUT2D eigenvalue weighted by Crippen LogP contribution is 2.57. The quantitative estimate of drug-likeness (QED) is 0.259. The van der Waals surface area contributed by atoms with Crippen molar-refractivity contribution in [2.45, 2.75) is 25.0 Å². The maximum atomic E-state index is 13.9. The highest BCUT2D eigenvalue weighted by molar-refractivity contribution is 14.1. The summed E-state index contributed by atoms with van der Waals surface area (Å²) in [5.41, 5.74) is 0.620. The van der Waals surface area contributed by atoms with Gasteiger partial charge >= 0.3 is 0 Å². The molecule has 2 aliphatic heterocycles. The number of hydrogen-bond donors (Lipinski definition) is 0. The lowest BCUT2D eigenvalue weighted by Gasteiger charge is -2.27. The number of ketones is 2. The third-order valence-corrected chi connectivity index (χ3v) is 8.24. The summed E-state index contributed by atoms with van der Waals surface area (Å²) in [6, 6.07) is 21.2. The van der Waals surface area contributed by atoms with Gasteiger partial charge in [0.05, 0.1) is 23.6 Å². The lowest BCUT2D eigenvalue weighted by molar-refractivity contribution is -0.127. The molecule has 35 heavy (non-hydrogen) atoms. The van der Waals surface area contributed by atoms with Crippen molar-refractivity contribution in [2.24, 2.45) is 11.8 Å². The molecule has 3 aromatic carbocycles. The van der Waals surface area contributed by atoms with Crippen LogP contribution in [0.15, 0.2) is 72.8 Å². The molecule has 2 heterocycles. The van der Waals surface area contributed by atoms with Gasteiger partial charge < -0.3 is 4.74 Å². The van der Waals surface area contributed by atoms with Crippen LogP contribution in [0.3, 0.4) is 0 Å². The van der Waals surface area contributed by atoms with E-state index in [2.05, 4.69) is 22.6 Å². The number of benzene rings is 3. The summed E-state index contributed by atoms with van der Waals surface area (Å²) in [4.78, 5) is 56.5. The van der Waals surface area contributed by atoms with Crippen LogP contribution in [0, 0.1) is 15.4 Å². The molecule has 3 atom stereocenters. The van der Waals surface area contributed by atoms with Crippen molar-refractivity contribution in [1.82, 2.24) is 0 Å². The van der Waals surface area contributed by atoms with Crippen molar-refractivity contribution in [3.05, 3.63) is 98.6 Å². The molecule has 0 unspecified atom stereocenters. The van der Waals surface area contributed by atoms with E-state index < -0.39 is 46.9 Å². The molecule has 6 rings (SSSR count). The monoisotopic (exact) mass is 577 g/mol. The zero-order valence-electron chi connectivity index (χ0n) is 18.7. The fraction of sp³-hybridized carbons (Fsp3) is 0.214. The maximum absolute atomic E-state index is 13.9. The number of anilines is 1. The number of carbonyl (C=O) groups is 4. The Labute approximate surface area is 215 Å². The number of fused-ring (bicyclic) bond motifs is 3. The number of ether oxygens (including phenoxy) is 1. The molecular formula is C28H20INO5. The van der Waals surface area contributed by atoms with Gasteiger partial charge in [-0.05, 0) is 52.3 Å². The van der Waals surface area contributed by atoms with E-state index in [9.17, 15) is 19.2 Å². The standard InChI is InChI=1S/C28H20INO5/c1-2-15-11-13-16(14-12-15)23-21-22(27(34)30(26(21)33)20-10-6-5-9-19(20)29)28(35-23)24(31)17-7-3-4-8-18(17)25(28)32/h3-14,21-23H,2H2,1H3/t21-,22-,23-/m0/s1. The lowest BCUT2D eigenvalue weighted by Crippen LogP contribution is -2.51. The number of hydrogen-bond acceptors (Lipinski definition) is 5. The van der Waals surface area contributed by atoms with E-state index >= 15 is 0 Å². The van der Waals surface area contributed by atoms with Crippen LogP contribution < -0.4 is 4.90 Å². The number of Topliss-reactive ketones (excluding diaryl/α,β-unsaturated/α-hetero) is 2. The predicted octanol–water partition coefficient (Wildman–Crippen LogP) is 4.55. The summed E-state index contributed by atoms with van der Waals surface area (Å²) < 4.78 is 7.05. The van der Waals surface area contributed by atoms with E-state index in [-0.39, 0.29) is 11.1 Å². The molecule has 3 aliphatic rings. The number of amides is 2. The Morgan fingerprint density at radius 1 is 0.829 bits per heavy atom. The molecule has 2 amide bonds. The molecule has 3 aromatic rings. The molecule has 1 aliphatic carbocycles. The SMILES string of the molecule is CCc1ccc([C@@H]2OC3(C(=O)c4ccccc4C3=O)[C@@H]3C(=O)N(c4ccccc4I)C(=O)[C@@H]32)cc1. The Bertz CT molecular complexity index is 1390. The Morgan fingerprint density at radius 2 is 1.43 bits per heavy atom. The van der Waals surface area contributed by atoms with Gasteiger partial charge in [-0.15, -0.1) is 0 Å². The minimum atomic E-state index is -2.05. The molecule has 1 spiro atoms. The van der Waals surface area contributed by atoms with E-state index in [1.54, 1.807) is 42.5 Å². The highest BCUT2D eigenvalue weighted by atomic mass is 127. The zero-order valence-corrected chi connectivity index (χ0v) is 20.9. The summed E-state index contributed by atoms with van der Waals surface area (Å²) in [5.74, 6) is -4.37. The van der Waals surface area contributed by atoms with Gasteiger partial charge in [-0.25, -0.2) is 4.90 Å². The van der Waals surface area contributed by atoms with Gasteiger partial charge in [0.2, 0.25) is 29.0 Å². The summed E-state index contributed by atoms with van der Waals surface area (Å²) >= 11 is 2.08. The second-order valence-corrected chi connectivity index (χ2v) is 10.2. The van der Waals surface area contributed by atoms with Crippen LogP contribution >= 0.6 is 22.6 Å². The molecule has 0 saturated carbocycles. The molecule has 0 bridgehead atoms. The number of carbonyl (C=O) groups excluding carboxylic acids is 4. The normalized spacial score (nSPS) is 24.4. The Balaban J connectivity index is 1.54. The summed E-state index contributed by atoms with van der Waals surface area (Å²) in [5, 5.41) is 0. The minimum Gasteiger partial charge on any atom is -0.349 e. The molecule has 7 heteroatoms. The molecule has 0 aromatic heterocycles. The summed E-state index contributed by atoms with van der Waals surface area (Å²) in [6.45, 7) is 2.04. The van der Waals surface area contributed by atoms with Crippen molar-refractivity contribution in [1.29, 1.82) is 0 Å². The van der Waals surface area contributed by atoms with Crippen molar-refractivity contribution < 1.29 is 23.9 Å². The third kappa shape index (κ3) is 2.91. The third-order valence-electron chi connectivity index (χ3n) is 7.33. The molecule has 2 saturated heterocycles. The van der Waals surface area contributed by atoms with Crippen LogP contribution in [-0.2, 0) is 20.7 Å². The van der Waals surface area contributed by atoms with Gasteiger partial charge in [0, 0.05) is 14.7 Å². The minimum absolute atomic E-state index is 0.228. The topological polar surface area (TPSA) is 80.8 Å². The first-order valence-corrected chi connectivity index (χ1v) is 12.6. The first kappa shape index (κ1) is 22.3. The van der Waals surface area contributed by atoms with Crippen LogP contribution in [0.5, 0.6) is 0 Å². The Morgan fingerprint density at radius 3 is 2.03 bits per heavy atom. The number of rotatable bonds is 3. The second-order valence-electron chi connectivity index (χ2n) is 9.04. The summed E-state index contributed by atoms with van der Waals surface area (Å²) in [6.07, 6.45) is -0.0675. The summed E-state index contributed by atoms with van der Waals surface area (Å²) in [7, 11) is 0. The molecule has 0 radical (unpaired) electrons. The van der Waals surface area contributed by atoms with Crippen molar-refractivity contribution in [3.8, 4) is 0 Å². The van der Waals surface area contributed by atoms with E-state index in [1.165, 1.54) is 0 Å². The fourth-order valence-electron chi connectivity index (χ4n) is 5.63. The van der Waals surface area contributed by atoms with Gasteiger partial charge in [-0.2, -0.15) is 0 Å². The van der Waals surface area contributed by atoms with Gasteiger partial charge in [-0.3, -0.25) is 19.2 Å². The van der Waals surface area contributed by atoms with Gasteiger partial charge in [0.15, 0.2) is 0 Å². The Hall–Kier alpha value is -3.17. The first-order chi connectivity index (χ1) is 16.9. The second kappa shape index (κ2) is 7.93. The van der Waals surface area contributed by atoms with Gasteiger partial charge in [0.25, 0.3) is 0 Å². The average molecular weight is 577 g/mol. The number of imide groups is 1. The molecule has 2 fully saturated rings. The highest BCUT2D eigenvalue weighted by Gasteiger charge is 2.74. The zero-order chi connectivity index (χ0) is 24.5.